The monoisotopic (exact) mass is 282 g/mol. The van der Waals surface area contributed by atoms with Crippen molar-refractivity contribution in [3.63, 3.8) is 0 Å². The van der Waals surface area contributed by atoms with Crippen LogP contribution in [0.2, 0.25) is 0 Å². The number of aromatic nitrogens is 1. The van der Waals surface area contributed by atoms with Crippen LogP contribution in [-0.4, -0.2) is 42.4 Å². The zero-order valence-corrected chi connectivity index (χ0v) is 12.0. The number of nitrogens with zero attached hydrogens (tertiary/aromatic N) is 2. The number of ether oxygens (including phenoxy) is 1. The Hall–Kier alpha value is -2.20. The lowest BCUT2D eigenvalue weighted by atomic mass is 10.1. The molecule has 1 atom stereocenters. The molecule has 4 heteroatoms. The summed E-state index contributed by atoms with van der Waals surface area (Å²) >= 11 is 0. The number of likely N-dealkylation sites (tertiary alicyclic amines) is 1. The fourth-order valence-corrected chi connectivity index (χ4v) is 2.39. The van der Waals surface area contributed by atoms with Crippen LogP contribution < -0.4 is 4.74 Å². The molecule has 21 heavy (non-hydrogen) atoms. The van der Waals surface area contributed by atoms with Crippen LogP contribution in [0, 0.1) is 0 Å². The topological polar surface area (TPSA) is 42.4 Å². The van der Waals surface area contributed by atoms with Gasteiger partial charge in [0.1, 0.15) is 12.9 Å². The Bertz CT molecular complexity index is 642. The number of carbonyl (C=O) groups is 1. The molecule has 3 rings (SSSR count). The Morgan fingerprint density at radius 3 is 2.90 bits per heavy atom. The largest absolute Gasteiger partial charge is 0.476 e. The lowest BCUT2D eigenvalue weighted by Gasteiger charge is -2.37. The van der Waals surface area contributed by atoms with Gasteiger partial charge in [-0.15, -0.1) is 0 Å². The smallest absolute Gasteiger partial charge is 0.213 e. The molecular weight excluding hydrogens is 264 g/mol. The van der Waals surface area contributed by atoms with E-state index in [4.69, 9.17) is 4.74 Å². The number of carbonyl (C=O) groups excluding carboxylic acids is 1. The predicted octanol–water partition coefficient (Wildman–Crippen LogP) is 2.64. The van der Waals surface area contributed by atoms with Gasteiger partial charge >= 0.3 is 0 Å². The van der Waals surface area contributed by atoms with Gasteiger partial charge < -0.3 is 4.74 Å². The minimum atomic E-state index is 0.494. The lowest BCUT2D eigenvalue weighted by molar-refractivity contribution is 0.0751. The van der Waals surface area contributed by atoms with Gasteiger partial charge in [0.25, 0.3) is 0 Å². The second kappa shape index (κ2) is 6.06. The molecule has 2 heterocycles. The quantitative estimate of drug-likeness (QED) is 0.791. The van der Waals surface area contributed by atoms with Crippen molar-refractivity contribution >= 4 is 6.29 Å². The van der Waals surface area contributed by atoms with Gasteiger partial charge in [-0.2, -0.15) is 0 Å². The SMILES string of the molecule is CN1CC[C@@H]1COc1cccc(-c2cccc(C=O)c2)n1. The maximum atomic E-state index is 10.9. The molecule has 108 valence electrons. The Morgan fingerprint density at radius 2 is 2.19 bits per heavy atom. The standard InChI is InChI=1S/C17H18N2O2/c1-19-9-8-15(19)12-21-17-7-3-6-16(18-17)14-5-2-4-13(10-14)11-20/h2-7,10-11,15H,8-9,12H2,1H3/t15-/m1/s1. The van der Waals surface area contributed by atoms with Crippen LogP contribution in [0.25, 0.3) is 11.3 Å². The fraction of sp³-hybridized carbons (Fsp3) is 0.294. The van der Waals surface area contributed by atoms with Crippen molar-refractivity contribution < 1.29 is 9.53 Å². The van der Waals surface area contributed by atoms with Crippen LogP contribution in [0.1, 0.15) is 16.8 Å². The Kier molecular flexibility index (Phi) is 3.97. The van der Waals surface area contributed by atoms with Crippen LogP contribution in [0.3, 0.4) is 0 Å². The molecule has 1 aliphatic heterocycles. The minimum absolute atomic E-state index is 0.494. The van der Waals surface area contributed by atoms with Crippen molar-refractivity contribution in [2.24, 2.45) is 0 Å². The zero-order chi connectivity index (χ0) is 14.7. The summed E-state index contributed by atoms with van der Waals surface area (Å²) in [7, 11) is 2.10. The van der Waals surface area contributed by atoms with Gasteiger partial charge in [-0.1, -0.05) is 24.3 Å². The van der Waals surface area contributed by atoms with E-state index in [-0.39, 0.29) is 0 Å². The third-order valence-electron chi connectivity index (χ3n) is 3.90. The number of benzene rings is 1. The summed E-state index contributed by atoms with van der Waals surface area (Å²) in [6, 6.07) is 13.6. The molecule has 0 spiro atoms. The van der Waals surface area contributed by atoms with Crippen LogP contribution in [0.5, 0.6) is 5.88 Å². The fourth-order valence-electron chi connectivity index (χ4n) is 2.39. The average molecular weight is 282 g/mol. The molecule has 0 saturated carbocycles. The first kappa shape index (κ1) is 13.8. The Labute approximate surface area is 124 Å². The van der Waals surface area contributed by atoms with E-state index in [1.807, 2.05) is 36.4 Å². The number of hydrogen-bond donors (Lipinski definition) is 0. The van der Waals surface area contributed by atoms with Crippen molar-refractivity contribution in [1.82, 2.24) is 9.88 Å². The summed E-state index contributed by atoms with van der Waals surface area (Å²) in [4.78, 5) is 17.6. The van der Waals surface area contributed by atoms with Crippen molar-refractivity contribution in [1.29, 1.82) is 0 Å². The van der Waals surface area contributed by atoms with Crippen LogP contribution in [0.15, 0.2) is 42.5 Å². The third kappa shape index (κ3) is 3.11. The summed E-state index contributed by atoms with van der Waals surface area (Å²) in [6.45, 7) is 1.81. The zero-order valence-electron chi connectivity index (χ0n) is 12.0. The highest BCUT2D eigenvalue weighted by Gasteiger charge is 2.24. The van der Waals surface area contributed by atoms with Crippen molar-refractivity contribution in [2.45, 2.75) is 12.5 Å². The lowest BCUT2D eigenvalue weighted by Crippen LogP contribution is -2.48. The first-order valence-electron chi connectivity index (χ1n) is 7.12. The molecular formula is C17H18N2O2. The van der Waals surface area contributed by atoms with E-state index >= 15 is 0 Å². The number of likely N-dealkylation sites (N-methyl/N-ethyl adjacent to an activating group) is 1. The highest BCUT2D eigenvalue weighted by molar-refractivity contribution is 5.78. The molecule has 0 bridgehead atoms. The Morgan fingerprint density at radius 1 is 1.33 bits per heavy atom. The maximum Gasteiger partial charge on any atom is 0.213 e. The third-order valence-corrected chi connectivity index (χ3v) is 3.90. The van der Waals surface area contributed by atoms with Gasteiger partial charge in [-0.25, -0.2) is 4.98 Å². The maximum absolute atomic E-state index is 10.9. The predicted molar refractivity (Wildman–Crippen MR) is 81.6 cm³/mol. The van der Waals surface area contributed by atoms with Crippen LogP contribution >= 0.6 is 0 Å². The van der Waals surface area contributed by atoms with E-state index in [0.29, 0.717) is 24.1 Å². The van der Waals surface area contributed by atoms with Crippen molar-refractivity contribution in [3.8, 4) is 17.1 Å². The first-order chi connectivity index (χ1) is 10.3. The van der Waals surface area contributed by atoms with Crippen molar-refractivity contribution in [2.75, 3.05) is 20.2 Å². The van der Waals surface area contributed by atoms with Gasteiger partial charge in [-0.3, -0.25) is 9.69 Å². The summed E-state index contributed by atoms with van der Waals surface area (Å²) in [5.74, 6) is 0.629. The molecule has 0 radical (unpaired) electrons. The van der Waals surface area contributed by atoms with Gasteiger partial charge in [0.05, 0.1) is 5.69 Å². The van der Waals surface area contributed by atoms with Gasteiger partial charge in [0, 0.05) is 23.2 Å². The van der Waals surface area contributed by atoms with Crippen molar-refractivity contribution in [3.05, 3.63) is 48.0 Å². The first-order valence-corrected chi connectivity index (χ1v) is 7.12. The summed E-state index contributed by atoms with van der Waals surface area (Å²) in [6.07, 6.45) is 2.02. The molecule has 1 aromatic heterocycles. The number of hydrogen-bond acceptors (Lipinski definition) is 4. The Balaban J connectivity index is 1.74. The van der Waals surface area contributed by atoms with Gasteiger partial charge in [0.15, 0.2) is 0 Å². The number of aldehydes is 1. The van der Waals surface area contributed by atoms with Crippen LogP contribution in [-0.2, 0) is 0 Å². The molecule has 1 aliphatic rings. The van der Waals surface area contributed by atoms with Crippen LogP contribution in [0.4, 0.5) is 0 Å². The molecule has 0 aliphatic carbocycles. The second-order valence-electron chi connectivity index (χ2n) is 5.34. The highest BCUT2D eigenvalue weighted by atomic mass is 16.5. The van der Waals surface area contributed by atoms with E-state index in [2.05, 4.69) is 16.9 Å². The van der Waals surface area contributed by atoms with Gasteiger partial charge in [-0.05, 0) is 32.1 Å². The second-order valence-corrected chi connectivity index (χ2v) is 5.34. The molecule has 4 nitrogen and oxygen atoms in total. The normalized spacial score (nSPS) is 18.0. The summed E-state index contributed by atoms with van der Waals surface area (Å²) in [5.41, 5.74) is 2.39. The summed E-state index contributed by atoms with van der Waals surface area (Å²) in [5, 5.41) is 0. The highest BCUT2D eigenvalue weighted by Crippen LogP contribution is 2.21. The molecule has 1 aromatic carbocycles. The molecule has 1 saturated heterocycles. The minimum Gasteiger partial charge on any atom is -0.476 e. The number of pyridine rings is 1. The van der Waals surface area contributed by atoms with E-state index in [1.165, 1.54) is 6.42 Å². The van der Waals surface area contributed by atoms with Gasteiger partial charge in [0.2, 0.25) is 5.88 Å². The van der Waals surface area contributed by atoms with E-state index in [0.717, 1.165) is 24.1 Å². The average Bonchev–Trinajstić information content (AvgIpc) is 2.54. The molecule has 0 unspecified atom stereocenters. The molecule has 1 fully saturated rings. The molecule has 0 amide bonds. The molecule has 2 aromatic rings. The number of rotatable bonds is 5. The summed E-state index contributed by atoms with van der Waals surface area (Å²) < 4.78 is 5.78. The van der Waals surface area contributed by atoms with E-state index < -0.39 is 0 Å². The van der Waals surface area contributed by atoms with E-state index in [1.54, 1.807) is 6.07 Å². The van der Waals surface area contributed by atoms with E-state index in [9.17, 15) is 4.79 Å². The molecule has 0 N–H and O–H groups in total.